The third-order valence-electron chi connectivity index (χ3n) is 5.60. The van der Waals surface area contributed by atoms with Gasteiger partial charge in [0.15, 0.2) is 11.9 Å². The molecular formula is C27H24BrNO4S. The Balaban J connectivity index is 1.96. The van der Waals surface area contributed by atoms with Crippen LogP contribution < -0.4 is 4.72 Å². The summed E-state index contributed by atoms with van der Waals surface area (Å²) < 4.78 is 36.7. The largest absolute Gasteiger partial charge is 0.485 e. The van der Waals surface area contributed by atoms with Gasteiger partial charge in [0.2, 0.25) is 0 Å². The number of aryl methyl sites for hydroxylation is 1. The lowest BCUT2D eigenvalue weighted by Gasteiger charge is -2.21. The Hall–Kier alpha value is -3.16. The number of ketones is 1. The molecule has 0 aromatic heterocycles. The first kappa shape index (κ1) is 24.0. The zero-order valence-electron chi connectivity index (χ0n) is 19.0. The van der Waals surface area contributed by atoms with Gasteiger partial charge in [-0.15, -0.1) is 0 Å². The van der Waals surface area contributed by atoms with Crippen LogP contribution in [0.15, 0.2) is 105 Å². The van der Waals surface area contributed by atoms with E-state index in [9.17, 15) is 13.2 Å². The fraction of sp³-hybridized carbons (Fsp3) is 0.148. The molecule has 0 spiro atoms. The summed E-state index contributed by atoms with van der Waals surface area (Å²) in [4.78, 5) is 12.9. The molecule has 0 saturated heterocycles. The van der Waals surface area contributed by atoms with Crippen LogP contribution in [0, 0.1) is 6.92 Å². The summed E-state index contributed by atoms with van der Waals surface area (Å²) in [6.45, 7) is 5.09. The molecule has 0 aliphatic carbocycles. The molecule has 1 aliphatic rings. The summed E-state index contributed by atoms with van der Waals surface area (Å²) in [6.07, 6.45) is -0.650. The Morgan fingerprint density at radius 1 is 0.912 bits per heavy atom. The maximum atomic E-state index is 13.4. The quantitative estimate of drug-likeness (QED) is 0.413. The molecule has 3 aromatic rings. The second-order valence-electron chi connectivity index (χ2n) is 8.11. The predicted octanol–water partition coefficient (Wildman–Crippen LogP) is 6.08. The van der Waals surface area contributed by atoms with Gasteiger partial charge in [-0.25, -0.2) is 8.42 Å². The highest BCUT2D eigenvalue weighted by Crippen LogP contribution is 2.44. The zero-order chi connectivity index (χ0) is 24.5. The maximum Gasteiger partial charge on any atom is 0.261 e. The number of benzene rings is 3. The van der Waals surface area contributed by atoms with Crippen molar-refractivity contribution in [3.8, 4) is 0 Å². The number of carbonyl (C=O) groups excluding carboxylic acids is 1. The second kappa shape index (κ2) is 9.60. The predicted molar refractivity (Wildman–Crippen MR) is 136 cm³/mol. The van der Waals surface area contributed by atoms with Crippen LogP contribution in [0.3, 0.4) is 0 Å². The van der Waals surface area contributed by atoms with Gasteiger partial charge in [0, 0.05) is 10.0 Å². The van der Waals surface area contributed by atoms with Crippen molar-refractivity contribution < 1.29 is 17.9 Å². The van der Waals surface area contributed by atoms with Gasteiger partial charge in [0.25, 0.3) is 10.0 Å². The van der Waals surface area contributed by atoms with E-state index in [2.05, 4.69) is 20.7 Å². The smallest absolute Gasteiger partial charge is 0.261 e. The van der Waals surface area contributed by atoms with Crippen LogP contribution in [-0.2, 0) is 19.6 Å². The molecule has 0 saturated carbocycles. The Morgan fingerprint density at radius 3 is 2.12 bits per heavy atom. The van der Waals surface area contributed by atoms with Crippen molar-refractivity contribution in [2.75, 3.05) is 0 Å². The standard InChI is InChI=1S/C27H24BrNO4S/c1-17-9-15-23(16-10-17)34(31,32)29-26(20-7-5-4-6-8-20)25-24(18(2)30)19(3)33-27(25)21-11-13-22(28)14-12-21/h4-16,27,29H,1-3H3/b26-25+. The molecule has 1 unspecified atom stereocenters. The Kier molecular flexibility index (Phi) is 6.77. The number of sulfonamides is 1. The molecular weight excluding hydrogens is 514 g/mol. The van der Waals surface area contributed by atoms with Crippen LogP contribution in [0.25, 0.3) is 5.70 Å². The molecule has 0 radical (unpaired) electrons. The van der Waals surface area contributed by atoms with Crippen molar-refractivity contribution in [2.24, 2.45) is 0 Å². The molecule has 0 bridgehead atoms. The number of hydrogen-bond donors (Lipinski definition) is 1. The minimum Gasteiger partial charge on any atom is -0.485 e. The van der Waals surface area contributed by atoms with Crippen LogP contribution in [0.4, 0.5) is 0 Å². The van der Waals surface area contributed by atoms with Crippen LogP contribution in [0.1, 0.15) is 36.6 Å². The van der Waals surface area contributed by atoms with Crippen LogP contribution in [0.2, 0.25) is 0 Å². The normalized spacial score (nSPS) is 17.4. The highest BCUT2D eigenvalue weighted by atomic mass is 79.9. The molecule has 1 atom stereocenters. The van der Waals surface area contributed by atoms with E-state index in [1.807, 2.05) is 61.5 Å². The second-order valence-corrected chi connectivity index (χ2v) is 10.7. The molecule has 4 rings (SSSR count). The van der Waals surface area contributed by atoms with E-state index >= 15 is 0 Å². The average Bonchev–Trinajstić information content (AvgIpc) is 3.16. The number of rotatable bonds is 6. The van der Waals surface area contributed by atoms with Gasteiger partial charge < -0.3 is 4.74 Å². The molecule has 1 N–H and O–H groups in total. The lowest BCUT2D eigenvalue weighted by atomic mass is 9.91. The summed E-state index contributed by atoms with van der Waals surface area (Å²) >= 11 is 3.44. The third-order valence-corrected chi connectivity index (χ3v) is 7.50. The van der Waals surface area contributed by atoms with Crippen molar-refractivity contribution in [3.63, 3.8) is 0 Å². The van der Waals surface area contributed by atoms with Gasteiger partial charge >= 0.3 is 0 Å². The summed E-state index contributed by atoms with van der Waals surface area (Å²) in [5.41, 5.74) is 3.57. The Morgan fingerprint density at radius 2 is 1.53 bits per heavy atom. The van der Waals surface area contributed by atoms with E-state index in [-0.39, 0.29) is 10.7 Å². The van der Waals surface area contributed by atoms with Crippen LogP contribution in [-0.4, -0.2) is 14.2 Å². The van der Waals surface area contributed by atoms with Gasteiger partial charge in [0.05, 0.1) is 16.2 Å². The van der Waals surface area contributed by atoms with Crippen molar-refractivity contribution in [2.45, 2.75) is 31.8 Å². The average molecular weight is 538 g/mol. The molecule has 3 aromatic carbocycles. The SMILES string of the molecule is CC(=O)C1=C(C)OC(c2ccc(Br)cc2)/C1=C(/NS(=O)(=O)c1ccc(C)cc1)c1ccccc1. The van der Waals surface area contributed by atoms with Crippen molar-refractivity contribution in [1.82, 2.24) is 4.72 Å². The van der Waals surface area contributed by atoms with E-state index in [4.69, 9.17) is 4.74 Å². The van der Waals surface area contributed by atoms with Crippen LogP contribution in [0.5, 0.6) is 0 Å². The van der Waals surface area contributed by atoms with Gasteiger partial charge in [-0.2, -0.15) is 0 Å². The number of allylic oxidation sites excluding steroid dienone is 1. The zero-order valence-corrected chi connectivity index (χ0v) is 21.4. The highest BCUT2D eigenvalue weighted by molar-refractivity contribution is 9.10. The molecule has 1 aliphatic heterocycles. The Bertz CT molecular complexity index is 1390. The maximum absolute atomic E-state index is 13.4. The van der Waals surface area contributed by atoms with Crippen molar-refractivity contribution >= 4 is 37.4 Å². The highest BCUT2D eigenvalue weighted by Gasteiger charge is 2.37. The lowest BCUT2D eigenvalue weighted by molar-refractivity contribution is -0.113. The minimum atomic E-state index is -3.95. The first-order chi connectivity index (χ1) is 16.2. The fourth-order valence-corrected chi connectivity index (χ4v) is 5.34. The molecule has 0 fully saturated rings. The molecule has 7 heteroatoms. The van der Waals surface area contributed by atoms with Crippen molar-refractivity contribution in [3.05, 3.63) is 117 Å². The molecule has 174 valence electrons. The van der Waals surface area contributed by atoms with E-state index in [1.165, 1.54) is 6.92 Å². The third kappa shape index (κ3) is 4.86. The number of ether oxygens (including phenoxy) is 1. The van der Waals surface area contributed by atoms with Crippen LogP contribution >= 0.6 is 15.9 Å². The molecule has 34 heavy (non-hydrogen) atoms. The summed E-state index contributed by atoms with van der Waals surface area (Å²) in [6, 6.07) is 23.3. The fourth-order valence-electron chi connectivity index (χ4n) is 3.97. The number of halogens is 1. The first-order valence-corrected chi connectivity index (χ1v) is 13.0. The monoisotopic (exact) mass is 537 g/mol. The van der Waals surface area contributed by atoms with Gasteiger partial charge in [-0.05, 0) is 56.2 Å². The summed E-state index contributed by atoms with van der Waals surface area (Å²) in [7, 11) is -3.95. The number of nitrogens with one attached hydrogen (secondary N) is 1. The van der Waals surface area contributed by atoms with Gasteiger partial charge in [-0.1, -0.05) is 76.1 Å². The van der Waals surface area contributed by atoms with Gasteiger partial charge in [-0.3, -0.25) is 9.52 Å². The Labute approximate surface area is 208 Å². The summed E-state index contributed by atoms with van der Waals surface area (Å²) in [5.74, 6) is 0.258. The molecule has 1 heterocycles. The molecule has 5 nitrogen and oxygen atoms in total. The minimum absolute atomic E-state index is 0.135. The van der Waals surface area contributed by atoms with E-state index in [0.29, 0.717) is 28.2 Å². The first-order valence-electron chi connectivity index (χ1n) is 10.7. The summed E-state index contributed by atoms with van der Waals surface area (Å²) in [5, 5.41) is 0. The van der Waals surface area contributed by atoms with E-state index in [1.54, 1.807) is 31.2 Å². The van der Waals surface area contributed by atoms with Gasteiger partial charge in [0.1, 0.15) is 5.76 Å². The lowest BCUT2D eigenvalue weighted by Crippen LogP contribution is -2.25. The van der Waals surface area contributed by atoms with Crippen molar-refractivity contribution in [1.29, 1.82) is 0 Å². The molecule has 0 amide bonds. The number of Topliss-reactive ketones (excluding diaryl/α,β-unsaturated/α-hetero) is 1. The number of carbonyl (C=O) groups is 1. The van der Waals surface area contributed by atoms with E-state index in [0.717, 1.165) is 15.6 Å². The van der Waals surface area contributed by atoms with E-state index < -0.39 is 16.1 Å². The number of hydrogen-bond acceptors (Lipinski definition) is 4. The topological polar surface area (TPSA) is 72.5 Å².